The number of thioether (sulfide) groups is 1. The average molecular weight is 227 g/mol. The van der Waals surface area contributed by atoms with Gasteiger partial charge in [0.25, 0.3) is 0 Å². The van der Waals surface area contributed by atoms with Gasteiger partial charge in [-0.3, -0.25) is 0 Å². The zero-order valence-corrected chi connectivity index (χ0v) is 10.3. The lowest BCUT2D eigenvalue weighted by molar-refractivity contribution is 0.578. The number of benzene rings is 1. The summed E-state index contributed by atoms with van der Waals surface area (Å²) in [6.07, 6.45) is 0. The average Bonchev–Trinajstić information content (AvgIpc) is 2.20. The molecule has 0 fully saturated rings. The molecule has 1 N–H and O–H groups in total. The van der Waals surface area contributed by atoms with Crippen LogP contribution in [0.4, 0.5) is 4.39 Å². The smallest absolute Gasteiger partial charge is 0.123 e. The molecule has 84 valence electrons. The molecule has 0 aliphatic carbocycles. The molecule has 1 nitrogen and oxygen atoms in total. The Morgan fingerprint density at radius 2 is 1.87 bits per heavy atom. The van der Waals surface area contributed by atoms with E-state index in [1.165, 1.54) is 12.1 Å². The highest BCUT2D eigenvalue weighted by molar-refractivity contribution is 8.00. The fourth-order valence-electron chi connectivity index (χ4n) is 1.30. The summed E-state index contributed by atoms with van der Waals surface area (Å²) in [7, 11) is 1.96. The Hall–Kier alpha value is -0.540. The lowest BCUT2D eigenvalue weighted by atomic mass is 10.1. The van der Waals surface area contributed by atoms with Crippen molar-refractivity contribution in [2.75, 3.05) is 13.6 Å². The molecule has 1 aromatic rings. The zero-order chi connectivity index (χ0) is 11.3. The maximum atomic E-state index is 12.7. The van der Waals surface area contributed by atoms with Crippen LogP contribution in [-0.4, -0.2) is 18.8 Å². The molecule has 0 bridgehead atoms. The number of hydrogen-bond acceptors (Lipinski definition) is 2. The van der Waals surface area contributed by atoms with Crippen molar-refractivity contribution in [3.8, 4) is 0 Å². The van der Waals surface area contributed by atoms with Crippen LogP contribution in [0.2, 0.25) is 0 Å². The van der Waals surface area contributed by atoms with Crippen LogP contribution in [0.3, 0.4) is 0 Å². The van der Waals surface area contributed by atoms with E-state index in [0.29, 0.717) is 11.2 Å². The molecule has 0 heterocycles. The molecular weight excluding hydrogens is 209 g/mol. The van der Waals surface area contributed by atoms with Crippen LogP contribution in [0.1, 0.15) is 13.8 Å². The molecule has 1 rings (SSSR count). The van der Waals surface area contributed by atoms with Crippen LogP contribution in [0.5, 0.6) is 0 Å². The van der Waals surface area contributed by atoms with Crippen LogP contribution in [0.15, 0.2) is 29.2 Å². The summed E-state index contributed by atoms with van der Waals surface area (Å²) in [4.78, 5) is 1.13. The third kappa shape index (κ3) is 4.22. The van der Waals surface area contributed by atoms with Crippen LogP contribution < -0.4 is 5.32 Å². The standard InChI is InChI=1S/C12H18FNS/c1-9(2)12(8-14-3)15-11-6-4-10(13)5-7-11/h4-7,9,12,14H,8H2,1-3H3. The van der Waals surface area contributed by atoms with E-state index in [-0.39, 0.29) is 5.82 Å². The van der Waals surface area contributed by atoms with Gasteiger partial charge in [0.15, 0.2) is 0 Å². The largest absolute Gasteiger partial charge is 0.319 e. The SMILES string of the molecule is CNCC(Sc1ccc(F)cc1)C(C)C. The van der Waals surface area contributed by atoms with Gasteiger partial charge < -0.3 is 5.32 Å². The van der Waals surface area contributed by atoms with Crippen molar-refractivity contribution in [2.45, 2.75) is 24.0 Å². The minimum Gasteiger partial charge on any atom is -0.319 e. The fraction of sp³-hybridized carbons (Fsp3) is 0.500. The Balaban J connectivity index is 2.61. The molecule has 1 unspecified atom stereocenters. The first-order valence-electron chi connectivity index (χ1n) is 5.20. The molecule has 0 aliphatic rings. The molecule has 0 aliphatic heterocycles. The molecule has 0 saturated carbocycles. The fourth-order valence-corrected chi connectivity index (χ4v) is 2.47. The summed E-state index contributed by atoms with van der Waals surface area (Å²) in [5, 5.41) is 3.71. The lowest BCUT2D eigenvalue weighted by Crippen LogP contribution is -2.25. The van der Waals surface area contributed by atoms with E-state index >= 15 is 0 Å². The Labute approximate surface area is 95.5 Å². The Morgan fingerprint density at radius 1 is 1.27 bits per heavy atom. The van der Waals surface area contributed by atoms with Crippen LogP contribution >= 0.6 is 11.8 Å². The second-order valence-corrected chi connectivity index (χ2v) is 5.22. The van der Waals surface area contributed by atoms with E-state index in [2.05, 4.69) is 19.2 Å². The Morgan fingerprint density at radius 3 is 2.33 bits per heavy atom. The molecule has 0 radical (unpaired) electrons. The van der Waals surface area contributed by atoms with Gasteiger partial charge in [0, 0.05) is 16.7 Å². The quantitative estimate of drug-likeness (QED) is 0.775. The molecule has 1 aromatic carbocycles. The van der Waals surface area contributed by atoms with Crippen molar-refractivity contribution >= 4 is 11.8 Å². The van der Waals surface area contributed by atoms with Crippen LogP contribution in [0, 0.1) is 11.7 Å². The summed E-state index contributed by atoms with van der Waals surface area (Å²) in [6.45, 7) is 5.39. The van der Waals surface area contributed by atoms with Crippen LogP contribution in [0.25, 0.3) is 0 Å². The predicted molar refractivity (Wildman–Crippen MR) is 64.8 cm³/mol. The zero-order valence-electron chi connectivity index (χ0n) is 9.46. The summed E-state index contributed by atoms with van der Waals surface area (Å²) in [5.41, 5.74) is 0. The first kappa shape index (κ1) is 12.5. The van der Waals surface area contributed by atoms with Crippen molar-refractivity contribution in [1.82, 2.24) is 5.32 Å². The van der Waals surface area contributed by atoms with Gasteiger partial charge in [-0.2, -0.15) is 0 Å². The number of rotatable bonds is 5. The highest BCUT2D eigenvalue weighted by Gasteiger charge is 2.13. The van der Waals surface area contributed by atoms with E-state index in [4.69, 9.17) is 0 Å². The molecule has 3 heteroatoms. The molecule has 0 saturated heterocycles. The van der Waals surface area contributed by atoms with E-state index in [1.54, 1.807) is 11.8 Å². The minimum absolute atomic E-state index is 0.172. The lowest BCUT2D eigenvalue weighted by Gasteiger charge is -2.19. The summed E-state index contributed by atoms with van der Waals surface area (Å²) in [5.74, 6) is 0.432. The van der Waals surface area contributed by atoms with Crippen LogP contribution in [-0.2, 0) is 0 Å². The van der Waals surface area contributed by atoms with E-state index < -0.39 is 0 Å². The molecule has 0 amide bonds. The highest BCUT2D eigenvalue weighted by Crippen LogP contribution is 2.27. The van der Waals surface area contributed by atoms with Gasteiger partial charge in [-0.25, -0.2) is 4.39 Å². The summed E-state index contributed by atoms with van der Waals surface area (Å²) < 4.78 is 12.7. The first-order valence-corrected chi connectivity index (χ1v) is 6.08. The summed E-state index contributed by atoms with van der Waals surface area (Å²) >= 11 is 1.80. The van der Waals surface area contributed by atoms with Crippen molar-refractivity contribution < 1.29 is 4.39 Å². The number of halogens is 1. The van der Waals surface area contributed by atoms with Gasteiger partial charge in [0.1, 0.15) is 5.82 Å². The Bertz CT molecular complexity index is 284. The van der Waals surface area contributed by atoms with Gasteiger partial charge in [-0.05, 0) is 37.2 Å². The first-order chi connectivity index (χ1) is 7.13. The molecule has 0 spiro atoms. The van der Waals surface area contributed by atoms with Gasteiger partial charge in [-0.1, -0.05) is 13.8 Å². The third-order valence-electron chi connectivity index (χ3n) is 2.25. The van der Waals surface area contributed by atoms with Gasteiger partial charge in [0.2, 0.25) is 0 Å². The van der Waals surface area contributed by atoms with E-state index in [9.17, 15) is 4.39 Å². The molecule has 15 heavy (non-hydrogen) atoms. The van der Waals surface area contributed by atoms with Gasteiger partial charge >= 0.3 is 0 Å². The predicted octanol–water partition coefficient (Wildman–Crippen LogP) is 3.16. The molecular formula is C12H18FNS. The second-order valence-electron chi connectivity index (χ2n) is 3.91. The van der Waals surface area contributed by atoms with E-state index in [0.717, 1.165) is 11.4 Å². The topological polar surface area (TPSA) is 12.0 Å². The number of hydrogen-bond donors (Lipinski definition) is 1. The monoisotopic (exact) mass is 227 g/mol. The maximum Gasteiger partial charge on any atom is 0.123 e. The van der Waals surface area contributed by atoms with E-state index in [1.807, 2.05) is 19.2 Å². The minimum atomic E-state index is -0.172. The molecule has 0 aromatic heterocycles. The molecule has 1 atom stereocenters. The Kier molecular flexibility index (Phi) is 5.12. The second kappa shape index (κ2) is 6.13. The van der Waals surface area contributed by atoms with Crippen molar-refractivity contribution in [3.05, 3.63) is 30.1 Å². The highest BCUT2D eigenvalue weighted by atomic mass is 32.2. The third-order valence-corrected chi connectivity index (χ3v) is 3.81. The van der Waals surface area contributed by atoms with Crippen molar-refractivity contribution in [3.63, 3.8) is 0 Å². The maximum absolute atomic E-state index is 12.7. The van der Waals surface area contributed by atoms with Gasteiger partial charge in [0.05, 0.1) is 0 Å². The van der Waals surface area contributed by atoms with Crippen molar-refractivity contribution in [1.29, 1.82) is 0 Å². The number of nitrogens with one attached hydrogen (secondary N) is 1. The summed E-state index contributed by atoms with van der Waals surface area (Å²) in [6, 6.07) is 6.70. The van der Waals surface area contributed by atoms with Gasteiger partial charge in [-0.15, -0.1) is 11.8 Å². The van der Waals surface area contributed by atoms with Crippen molar-refractivity contribution in [2.24, 2.45) is 5.92 Å². The normalized spacial score (nSPS) is 13.1.